The lowest BCUT2D eigenvalue weighted by Crippen LogP contribution is -2.28. The summed E-state index contributed by atoms with van der Waals surface area (Å²) in [6, 6.07) is 6.00. The lowest BCUT2D eigenvalue weighted by molar-refractivity contribution is -0.137. The quantitative estimate of drug-likeness (QED) is 0.821. The number of hydrogen-bond acceptors (Lipinski definition) is 2. The molecule has 2 amide bonds. The van der Waals surface area contributed by atoms with E-state index < -0.39 is 25.4 Å². The van der Waals surface area contributed by atoms with Gasteiger partial charge in [-0.3, -0.25) is 4.90 Å². The van der Waals surface area contributed by atoms with Crippen molar-refractivity contribution in [2.45, 2.75) is 18.8 Å². The van der Waals surface area contributed by atoms with E-state index in [1.807, 2.05) is 0 Å². The average Bonchev–Trinajstić information content (AvgIpc) is 2.85. The van der Waals surface area contributed by atoms with Crippen LogP contribution in [0.5, 0.6) is 5.75 Å². The molecule has 1 aliphatic rings. The number of carbonyl (C=O) groups is 1. The molecule has 1 heterocycles. The van der Waals surface area contributed by atoms with Gasteiger partial charge in [0.25, 0.3) is 0 Å². The molecule has 1 aliphatic heterocycles. The largest absolute Gasteiger partial charge is 0.493 e. The van der Waals surface area contributed by atoms with Gasteiger partial charge in [0.15, 0.2) is 0 Å². The van der Waals surface area contributed by atoms with Crippen LogP contribution < -0.4 is 15.0 Å². The maximum Gasteiger partial charge on any atom is 0.321 e. The maximum absolute atomic E-state index is 12.7. The highest BCUT2D eigenvalue weighted by molar-refractivity contribution is 5.94. The minimum atomic E-state index is -4.05. The minimum absolute atomic E-state index is 0.208. The molecule has 8 heteroatoms. The van der Waals surface area contributed by atoms with Gasteiger partial charge in [0.05, 0.1) is 13.0 Å². The maximum atomic E-state index is 12.7. The van der Waals surface area contributed by atoms with Gasteiger partial charge in [0, 0.05) is 18.8 Å². The Bertz CT molecular complexity index is 493. The summed E-state index contributed by atoms with van der Waals surface area (Å²) in [4.78, 5) is 13.0. The molecule has 0 spiro atoms. The van der Waals surface area contributed by atoms with Crippen LogP contribution in [0, 0.1) is 0 Å². The Kier molecular flexibility index (Phi) is 4.54. The first-order chi connectivity index (χ1) is 9.90. The lowest BCUT2D eigenvalue weighted by atomic mass is 10.2. The molecule has 1 aromatic rings. The zero-order chi connectivity index (χ0) is 15.5. The van der Waals surface area contributed by atoms with E-state index in [4.69, 9.17) is 4.74 Å². The van der Waals surface area contributed by atoms with E-state index in [-0.39, 0.29) is 11.8 Å². The summed E-state index contributed by atoms with van der Waals surface area (Å²) in [6.45, 7) is 0.584. The molecule has 0 atom stereocenters. The molecular weight excluding hydrogens is 292 g/mol. The van der Waals surface area contributed by atoms with Gasteiger partial charge in [-0.2, -0.15) is 0 Å². The Labute approximate surface area is 118 Å². The first kappa shape index (κ1) is 15.4. The van der Waals surface area contributed by atoms with Crippen LogP contribution in [-0.4, -0.2) is 38.1 Å². The van der Waals surface area contributed by atoms with Crippen LogP contribution in [0.4, 0.5) is 28.0 Å². The summed E-state index contributed by atoms with van der Waals surface area (Å²) in [5, 5.41) is 2.65. The van der Waals surface area contributed by atoms with Crippen molar-refractivity contribution in [2.24, 2.45) is 0 Å². The molecule has 0 unspecified atom stereocenters. The number of benzene rings is 1. The molecule has 0 bridgehead atoms. The normalized spacial score (nSPS) is 15.5. The molecule has 4 nitrogen and oxygen atoms in total. The predicted molar refractivity (Wildman–Crippen MR) is 68.2 cm³/mol. The van der Waals surface area contributed by atoms with Crippen molar-refractivity contribution in [3.8, 4) is 5.75 Å². The van der Waals surface area contributed by atoms with Gasteiger partial charge in [0.2, 0.25) is 0 Å². The standard InChI is InChI=1S/C13H14F4N2O2/c14-11(15)13(16,17)5-8-21-10-3-1-9(2-4-10)19-7-6-18-12(19)20/h1-4,11H,5-8H2,(H,18,20). The van der Waals surface area contributed by atoms with Gasteiger partial charge >= 0.3 is 18.4 Å². The van der Waals surface area contributed by atoms with Crippen LogP contribution in [0.25, 0.3) is 0 Å². The zero-order valence-corrected chi connectivity index (χ0v) is 11.0. The molecule has 21 heavy (non-hydrogen) atoms. The SMILES string of the molecule is O=C1NCCN1c1ccc(OCCC(F)(F)C(F)F)cc1. The van der Waals surface area contributed by atoms with E-state index in [0.717, 1.165) is 0 Å². The number of carbonyl (C=O) groups excluding carboxylic acids is 1. The highest BCUT2D eigenvalue weighted by Gasteiger charge is 2.40. The van der Waals surface area contributed by atoms with E-state index in [2.05, 4.69) is 5.32 Å². The van der Waals surface area contributed by atoms with Crippen molar-refractivity contribution in [2.75, 3.05) is 24.6 Å². The first-order valence-electron chi connectivity index (χ1n) is 6.34. The van der Waals surface area contributed by atoms with Crippen molar-refractivity contribution in [3.63, 3.8) is 0 Å². The highest BCUT2D eigenvalue weighted by atomic mass is 19.3. The van der Waals surface area contributed by atoms with Crippen molar-refractivity contribution < 1.29 is 27.1 Å². The molecule has 0 aliphatic carbocycles. The molecule has 1 aromatic carbocycles. The molecule has 0 aromatic heterocycles. The molecule has 1 N–H and O–H groups in total. The number of amides is 2. The van der Waals surface area contributed by atoms with E-state index in [1.165, 1.54) is 17.0 Å². The summed E-state index contributed by atoms with van der Waals surface area (Å²) in [7, 11) is 0. The van der Waals surface area contributed by atoms with Gasteiger partial charge in [-0.05, 0) is 24.3 Å². The third-order valence-electron chi connectivity index (χ3n) is 3.03. The smallest absolute Gasteiger partial charge is 0.321 e. The van der Waals surface area contributed by atoms with Crippen molar-refractivity contribution in [1.29, 1.82) is 0 Å². The molecular formula is C13H14F4N2O2. The molecule has 1 saturated heterocycles. The fourth-order valence-electron chi connectivity index (χ4n) is 1.85. The second-order valence-corrected chi connectivity index (χ2v) is 4.54. The number of nitrogens with one attached hydrogen (secondary N) is 1. The number of halogens is 4. The molecule has 116 valence electrons. The van der Waals surface area contributed by atoms with Crippen molar-refractivity contribution in [3.05, 3.63) is 24.3 Å². The van der Waals surface area contributed by atoms with Gasteiger partial charge in [-0.1, -0.05) is 0 Å². The van der Waals surface area contributed by atoms with E-state index in [1.54, 1.807) is 12.1 Å². The number of alkyl halides is 4. The monoisotopic (exact) mass is 306 g/mol. The highest BCUT2D eigenvalue weighted by Crippen LogP contribution is 2.27. The third-order valence-corrected chi connectivity index (χ3v) is 3.03. The topological polar surface area (TPSA) is 41.6 Å². The lowest BCUT2D eigenvalue weighted by Gasteiger charge is -2.16. The molecule has 0 radical (unpaired) electrons. The van der Waals surface area contributed by atoms with Crippen molar-refractivity contribution >= 4 is 11.7 Å². The van der Waals surface area contributed by atoms with Gasteiger partial charge < -0.3 is 10.1 Å². The summed E-state index contributed by atoms with van der Waals surface area (Å²) in [5.41, 5.74) is 0.648. The number of urea groups is 1. The number of ether oxygens (including phenoxy) is 1. The van der Waals surface area contributed by atoms with Crippen LogP contribution in [0.2, 0.25) is 0 Å². The Balaban J connectivity index is 1.87. The number of anilines is 1. The fraction of sp³-hybridized carbons (Fsp3) is 0.462. The van der Waals surface area contributed by atoms with Crippen LogP contribution in [0.3, 0.4) is 0 Å². The summed E-state index contributed by atoms with van der Waals surface area (Å²) >= 11 is 0. The van der Waals surface area contributed by atoms with Crippen LogP contribution in [-0.2, 0) is 0 Å². The minimum Gasteiger partial charge on any atom is -0.493 e. The Morgan fingerprint density at radius 2 is 1.95 bits per heavy atom. The van der Waals surface area contributed by atoms with E-state index in [9.17, 15) is 22.4 Å². The summed E-state index contributed by atoms with van der Waals surface area (Å²) in [6.07, 6.45) is -4.75. The number of nitrogens with zero attached hydrogens (tertiary/aromatic N) is 1. The third kappa shape index (κ3) is 3.77. The fourth-order valence-corrected chi connectivity index (χ4v) is 1.85. The zero-order valence-electron chi connectivity index (χ0n) is 11.0. The van der Waals surface area contributed by atoms with Gasteiger partial charge in [0.1, 0.15) is 5.75 Å². The van der Waals surface area contributed by atoms with Gasteiger partial charge in [-0.25, -0.2) is 22.4 Å². The van der Waals surface area contributed by atoms with Crippen LogP contribution in [0.15, 0.2) is 24.3 Å². The Morgan fingerprint density at radius 1 is 1.29 bits per heavy atom. The van der Waals surface area contributed by atoms with E-state index >= 15 is 0 Å². The summed E-state index contributed by atoms with van der Waals surface area (Å²) in [5.74, 6) is -3.77. The van der Waals surface area contributed by atoms with Crippen molar-refractivity contribution in [1.82, 2.24) is 5.32 Å². The van der Waals surface area contributed by atoms with Gasteiger partial charge in [-0.15, -0.1) is 0 Å². The second-order valence-electron chi connectivity index (χ2n) is 4.54. The summed E-state index contributed by atoms with van der Waals surface area (Å²) < 4.78 is 54.3. The Hall–Kier alpha value is -1.99. The average molecular weight is 306 g/mol. The first-order valence-corrected chi connectivity index (χ1v) is 6.34. The number of hydrogen-bond donors (Lipinski definition) is 1. The van der Waals surface area contributed by atoms with E-state index in [0.29, 0.717) is 18.8 Å². The van der Waals surface area contributed by atoms with Crippen LogP contribution >= 0.6 is 0 Å². The van der Waals surface area contributed by atoms with Crippen LogP contribution in [0.1, 0.15) is 6.42 Å². The second kappa shape index (κ2) is 6.19. The number of rotatable bonds is 6. The Morgan fingerprint density at radius 3 is 2.48 bits per heavy atom. The predicted octanol–water partition coefficient (Wildman–Crippen LogP) is 2.89. The molecule has 2 rings (SSSR count). The molecule has 1 fully saturated rings. The molecule has 0 saturated carbocycles.